The van der Waals surface area contributed by atoms with Crippen LogP contribution in [0.2, 0.25) is 0 Å². The van der Waals surface area contributed by atoms with E-state index in [0.717, 1.165) is 0 Å². The fourth-order valence-electron chi connectivity index (χ4n) is 1.38. The summed E-state index contributed by atoms with van der Waals surface area (Å²) in [5.41, 5.74) is -0.231. The van der Waals surface area contributed by atoms with Crippen molar-refractivity contribution in [1.29, 1.82) is 0 Å². The van der Waals surface area contributed by atoms with Crippen molar-refractivity contribution in [2.75, 3.05) is 25.4 Å². The summed E-state index contributed by atoms with van der Waals surface area (Å²) >= 11 is 0. The lowest BCUT2D eigenvalue weighted by Crippen LogP contribution is -2.37. The lowest BCUT2D eigenvalue weighted by Gasteiger charge is -2.25. The molecule has 92 valence electrons. The highest BCUT2D eigenvalue weighted by Crippen LogP contribution is 2.18. The van der Waals surface area contributed by atoms with Crippen molar-refractivity contribution < 1.29 is 13.5 Å². The fourth-order valence-corrected chi connectivity index (χ4v) is 3.46. The number of hydrogen-bond acceptors (Lipinski definition) is 3. The highest BCUT2D eigenvalue weighted by molar-refractivity contribution is 7.89. The first-order valence-corrected chi connectivity index (χ1v) is 6.92. The molecule has 0 aliphatic rings. The summed E-state index contributed by atoms with van der Waals surface area (Å²) in [5, 5.41) is 8.69. The Morgan fingerprint density at radius 3 is 2.13 bits per heavy atom. The minimum Gasteiger partial charge on any atom is -0.396 e. The molecule has 0 radical (unpaired) electrons. The van der Waals surface area contributed by atoms with Crippen molar-refractivity contribution in [3.05, 3.63) is 0 Å². The molecule has 1 N–H and O–H groups in total. The Balaban J connectivity index is 4.53. The number of sulfonamides is 1. The highest BCUT2D eigenvalue weighted by atomic mass is 32.2. The van der Waals surface area contributed by atoms with Crippen LogP contribution in [0.1, 0.15) is 34.1 Å². The summed E-state index contributed by atoms with van der Waals surface area (Å²) in [6.45, 7) is 8.45. The Labute approximate surface area is 93.3 Å². The third-order valence-electron chi connectivity index (χ3n) is 1.93. The number of aliphatic hydroxyl groups is 1. The van der Waals surface area contributed by atoms with Crippen LogP contribution >= 0.6 is 0 Å². The molecule has 15 heavy (non-hydrogen) atoms. The predicted molar refractivity (Wildman–Crippen MR) is 62.2 cm³/mol. The molecule has 0 aliphatic carbocycles. The van der Waals surface area contributed by atoms with E-state index in [1.54, 1.807) is 0 Å². The van der Waals surface area contributed by atoms with Crippen molar-refractivity contribution in [1.82, 2.24) is 4.31 Å². The van der Waals surface area contributed by atoms with Crippen molar-refractivity contribution in [2.24, 2.45) is 5.41 Å². The summed E-state index contributed by atoms with van der Waals surface area (Å²) in [6.07, 6.45) is 0.497. The second kappa shape index (κ2) is 5.82. The summed E-state index contributed by atoms with van der Waals surface area (Å²) in [7, 11) is -3.18. The van der Waals surface area contributed by atoms with Crippen LogP contribution in [0, 0.1) is 5.41 Å². The number of hydrogen-bond donors (Lipinski definition) is 1. The van der Waals surface area contributed by atoms with Crippen LogP contribution in [0.25, 0.3) is 0 Å². The molecule has 0 amide bonds. The molecule has 0 atom stereocenters. The predicted octanol–water partition coefficient (Wildman–Crippen LogP) is 1.07. The van der Waals surface area contributed by atoms with Crippen LogP contribution in [0.5, 0.6) is 0 Å². The molecular formula is C10H23NO3S. The van der Waals surface area contributed by atoms with E-state index in [1.165, 1.54) is 4.31 Å². The van der Waals surface area contributed by atoms with Crippen LogP contribution in [-0.4, -0.2) is 43.3 Å². The van der Waals surface area contributed by atoms with Gasteiger partial charge in [-0.15, -0.1) is 0 Å². The molecule has 0 saturated carbocycles. The van der Waals surface area contributed by atoms with E-state index in [0.29, 0.717) is 19.5 Å². The average Bonchev–Trinajstić information content (AvgIpc) is 2.00. The van der Waals surface area contributed by atoms with Gasteiger partial charge < -0.3 is 5.11 Å². The molecular weight excluding hydrogens is 214 g/mol. The van der Waals surface area contributed by atoms with Crippen LogP contribution in [0.3, 0.4) is 0 Å². The van der Waals surface area contributed by atoms with E-state index in [4.69, 9.17) is 5.11 Å². The number of aliphatic hydroxyl groups excluding tert-OH is 1. The molecule has 0 heterocycles. The Morgan fingerprint density at radius 2 is 1.80 bits per heavy atom. The quantitative estimate of drug-likeness (QED) is 0.751. The Bertz CT molecular complexity index is 267. The maximum absolute atomic E-state index is 11.9. The molecule has 0 aliphatic heterocycles. The molecule has 0 saturated heterocycles. The molecule has 0 aromatic carbocycles. The van der Waals surface area contributed by atoms with E-state index < -0.39 is 10.0 Å². The number of rotatable bonds is 6. The monoisotopic (exact) mass is 237 g/mol. The standard InChI is InChI=1S/C10H23NO3S/c1-5-11(7-6-8-12)15(13,14)9-10(2,3)4/h12H,5-9H2,1-4H3. The SMILES string of the molecule is CCN(CCCO)S(=O)(=O)CC(C)(C)C. The summed E-state index contributed by atoms with van der Waals surface area (Å²) < 4.78 is 25.3. The lowest BCUT2D eigenvalue weighted by molar-refractivity contribution is 0.270. The molecule has 4 nitrogen and oxygen atoms in total. The highest BCUT2D eigenvalue weighted by Gasteiger charge is 2.26. The van der Waals surface area contributed by atoms with Crippen LogP contribution < -0.4 is 0 Å². The molecule has 0 aromatic heterocycles. The molecule has 0 rings (SSSR count). The first-order chi connectivity index (χ1) is 6.73. The van der Waals surface area contributed by atoms with Gasteiger partial charge in [0, 0.05) is 19.7 Å². The van der Waals surface area contributed by atoms with Gasteiger partial charge in [-0.1, -0.05) is 27.7 Å². The van der Waals surface area contributed by atoms with Gasteiger partial charge in [0.2, 0.25) is 10.0 Å². The third kappa shape index (κ3) is 6.12. The van der Waals surface area contributed by atoms with Crippen LogP contribution in [0.15, 0.2) is 0 Å². The van der Waals surface area contributed by atoms with Gasteiger partial charge >= 0.3 is 0 Å². The smallest absolute Gasteiger partial charge is 0.214 e. The molecule has 0 bridgehead atoms. The molecule has 0 aromatic rings. The van der Waals surface area contributed by atoms with Crippen LogP contribution in [-0.2, 0) is 10.0 Å². The summed E-state index contributed by atoms with van der Waals surface area (Å²) in [6, 6.07) is 0. The van der Waals surface area contributed by atoms with Crippen molar-refractivity contribution in [3.63, 3.8) is 0 Å². The van der Waals surface area contributed by atoms with E-state index in [1.807, 2.05) is 27.7 Å². The summed E-state index contributed by atoms with van der Waals surface area (Å²) in [4.78, 5) is 0. The molecule has 0 fully saturated rings. The Hall–Kier alpha value is -0.130. The average molecular weight is 237 g/mol. The second-order valence-electron chi connectivity index (χ2n) is 4.89. The fraction of sp³-hybridized carbons (Fsp3) is 1.00. The van der Waals surface area contributed by atoms with Gasteiger partial charge in [0.05, 0.1) is 5.75 Å². The van der Waals surface area contributed by atoms with Crippen molar-refractivity contribution in [2.45, 2.75) is 34.1 Å². The first kappa shape index (κ1) is 14.9. The molecule has 5 heteroatoms. The zero-order valence-corrected chi connectivity index (χ0v) is 11.0. The van der Waals surface area contributed by atoms with Gasteiger partial charge in [0.15, 0.2) is 0 Å². The minimum absolute atomic E-state index is 0.0293. The maximum Gasteiger partial charge on any atom is 0.214 e. The van der Waals surface area contributed by atoms with Gasteiger partial charge in [-0.2, -0.15) is 0 Å². The van der Waals surface area contributed by atoms with E-state index >= 15 is 0 Å². The zero-order valence-electron chi connectivity index (χ0n) is 10.2. The van der Waals surface area contributed by atoms with Gasteiger partial charge in [0.25, 0.3) is 0 Å². The largest absolute Gasteiger partial charge is 0.396 e. The van der Waals surface area contributed by atoms with Gasteiger partial charge in [-0.3, -0.25) is 0 Å². The number of nitrogens with zero attached hydrogens (tertiary/aromatic N) is 1. The molecule has 0 spiro atoms. The van der Waals surface area contributed by atoms with Gasteiger partial charge in [-0.05, 0) is 11.8 Å². The van der Waals surface area contributed by atoms with E-state index in [-0.39, 0.29) is 17.8 Å². The lowest BCUT2D eigenvalue weighted by atomic mass is 10.0. The van der Waals surface area contributed by atoms with Crippen molar-refractivity contribution in [3.8, 4) is 0 Å². The van der Waals surface area contributed by atoms with E-state index in [9.17, 15) is 8.42 Å². The van der Waals surface area contributed by atoms with Gasteiger partial charge in [0.1, 0.15) is 0 Å². The van der Waals surface area contributed by atoms with Gasteiger partial charge in [-0.25, -0.2) is 12.7 Å². The normalized spacial score (nSPS) is 13.5. The maximum atomic E-state index is 11.9. The first-order valence-electron chi connectivity index (χ1n) is 5.31. The van der Waals surface area contributed by atoms with Crippen molar-refractivity contribution >= 4 is 10.0 Å². The second-order valence-corrected chi connectivity index (χ2v) is 6.85. The topological polar surface area (TPSA) is 57.6 Å². The Morgan fingerprint density at radius 1 is 1.27 bits per heavy atom. The minimum atomic E-state index is -3.18. The summed E-state index contributed by atoms with van der Waals surface area (Å²) in [5.74, 6) is 0.152. The third-order valence-corrected chi connectivity index (χ3v) is 4.39. The Kier molecular flexibility index (Phi) is 5.77. The van der Waals surface area contributed by atoms with Crippen LogP contribution in [0.4, 0.5) is 0 Å². The zero-order chi connectivity index (χ0) is 12.1. The molecule has 0 unspecified atom stereocenters. The van der Waals surface area contributed by atoms with E-state index in [2.05, 4.69) is 0 Å².